The van der Waals surface area contributed by atoms with E-state index in [1.807, 2.05) is 9.25 Å². The highest BCUT2D eigenvalue weighted by molar-refractivity contribution is 9.10. The highest BCUT2D eigenvalue weighted by atomic mass is 79.9. The molecule has 0 amide bonds. The number of nitrogens with zero attached hydrogens (tertiary/aromatic N) is 3. The summed E-state index contributed by atoms with van der Waals surface area (Å²) >= 11 is 3.62. The molecule has 5 heteroatoms. The van der Waals surface area contributed by atoms with Gasteiger partial charge in [-0.2, -0.15) is 5.10 Å². The van der Waals surface area contributed by atoms with Crippen molar-refractivity contribution in [2.45, 2.75) is 33.4 Å². The van der Waals surface area contributed by atoms with E-state index >= 15 is 0 Å². The average Bonchev–Trinajstić information content (AvgIpc) is 2.69. The molecule has 0 aliphatic rings. The molecule has 0 saturated carbocycles. The van der Waals surface area contributed by atoms with Crippen molar-refractivity contribution in [3.8, 4) is 0 Å². The zero-order chi connectivity index (χ0) is 13.1. The fraction of sp³-hybridized carbons (Fsp3) is 0.385. The molecule has 2 aromatic rings. The molecular formula is C13H16BrN3O. The smallest absolute Gasteiger partial charge is 0.181 e. The predicted octanol–water partition coefficient (Wildman–Crippen LogP) is 2.44. The molecule has 96 valence electrons. The van der Waals surface area contributed by atoms with Gasteiger partial charge in [0.15, 0.2) is 5.43 Å². The van der Waals surface area contributed by atoms with Crippen LogP contribution in [0, 0.1) is 0 Å². The van der Waals surface area contributed by atoms with Gasteiger partial charge in [-0.05, 0) is 29.3 Å². The maximum atomic E-state index is 11.1. The maximum absolute atomic E-state index is 11.1. The van der Waals surface area contributed by atoms with E-state index in [1.54, 1.807) is 24.5 Å². The topological polar surface area (TPSA) is 39.8 Å². The van der Waals surface area contributed by atoms with Crippen LogP contribution >= 0.6 is 15.9 Å². The first-order valence-electron chi connectivity index (χ1n) is 6.05. The Labute approximate surface area is 114 Å². The van der Waals surface area contributed by atoms with E-state index < -0.39 is 0 Å². The monoisotopic (exact) mass is 309 g/mol. The minimum atomic E-state index is 0.0311. The Morgan fingerprint density at radius 2 is 1.94 bits per heavy atom. The zero-order valence-electron chi connectivity index (χ0n) is 10.6. The second-order valence-electron chi connectivity index (χ2n) is 4.08. The van der Waals surface area contributed by atoms with E-state index in [4.69, 9.17) is 0 Å². The largest absolute Gasteiger partial charge is 0.348 e. The first-order chi connectivity index (χ1) is 8.65. The van der Waals surface area contributed by atoms with Gasteiger partial charge in [0.25, 0.3) is 0 Å². The van der Waals surface area contributed by atoms with Crippen molar-refractivity contribution in [1.29, 1.82) is 0 Å². The molecule has 0 N–H and O–H groups in total. The van der Waals surface area contributed by atoms with E-state index in [0.29, 0.717) is 6.54 Å². The molecule has 0 aliphatic carbocycles. The quantitative estimate of drug-likeness (QED) is 0.870. The zero-order valence-corrected chi connectivity index (χ0v) is 12.1. The molecule has 0 fully saturated rings. The van der Waals surface area contributed by atoms with Crippen LogP contribution in [-0.2, 0) is 19.5 Å². The van der Waals surface area contributed by atoms with E-state index in [0.717, 1.165) is 28.8 Å². The van der Waals surface area contributed by atoms with Crippen molar-refractivity contribution >= 4 is 15.9 Å². The number of pyridine rings is 1. The highest BCUT2D eigenvalue weighted by Gasteiger charge is 2.13. The molecule has 2 aromatic heterocycles. The summed E-state index contributed by atoms with van der Waals surface area (Å²) in [6.45, 7) is 5.72. The molecule has 0 spiro atoms. The second-order valence-corrected chi connectivity index (χ2v) is 4.88. The second kappa shape index (κ2) is 5.52. The molecule has 18 heavy (non-hydrogen) atoms. The van der Waals surface area contributed by atoms with Crippen LogP contribution in [0.15, 0.2) is 33.8 Å². The number of aromatic nitrogens is 3. The summed E-state index contributed by atoms with van der Waals surface area (Å²) in [4.78, 5) is 11.1. The number of aryl methyl sites for hydroxylation is 2. The van der Waals surface area contributed by atoms with Gasteiger partial charge in [0, 0.05) is 31.1 Å². The summed E-state index contributed by atoms with van der Waals surface area (Å²) < 4.78 is 5.06. The standard InChI is InChI=1S/C13H16BrN3O/c1-3-11-13(14)12(17(4-2)15-11)9-16-7-5-10(18)6-8-16/h5-8H,3-4,9H2,1-2H3. The molecule has 4 nitrogen and oxygen atoms in total. The molecule has 2 heterocycles. The van der Waals surface area contributed by atoms with Crippen molar-refractivity contribution in [3.05, 3.63) is 50.6 Å². The van der Waals surface area contributed by atoms with Crippen LogP contribution in [0.1, 0.15) is 25.2 Å². The third-order valence-electron chi connectivity index (χ3n) is 2.89. The Bertz CT molecular complexity index is 580. The minimum Gasteiger partial charge on any atom is -0.348 e. The van der Waals surface area contributed by atoms with Crippen LogP contribution in [0.4, 0.5) is 0 Å². The molecule has 0 radical (unpaired) electrons. The third kappa shape index (κ3) is 2.56. The van der Waals surface area contributed by atoms with E-state index in [9.17, 15) is 4.79 Å². The van der Waals surface area contributed by atoms with Gasteiger partial charge < -0.3 is 4.57 Å². The lowest BCUT2D eigenvalue weighted by Crippen LogP contribution is -2.10. The maximum Gasteiger partial charge on any atom is 0.181 e. The molecule has 0 bridgehead atoms. The molecule has 0 saturated heterocycles. The normalized spacial score (nSPS) is 10.8. The first-order valence-corrected chi connectivity index (χ1v) is 6.85. The van der Waals surface area contributed by atoms with E-state index in [1.165, 1.54) is 0 Å². The van der Waals surface area contributed by atoms with Gasteiger partial charge in [-0.25, -0.2) is 0 Å². The highest BCUT2D eigenvalue weighted by Crippen LogP contribution is 2.23. The fourth-order valence-electron chi connectivity index (χ4n) is 1.89. The Balaban J connectivity index is 2.35. The summed E-state index contributed by atoms with van der Waals surface area (Å²) in [7, 11) is 0. The lowest BCUT2D eigenvalue weighted by atomic mass is 10.3. The van der Waals surface area contributed by atoms with Crippen LogP contribution in [0.3, 0.4) is 0 Å². The lowest BCUT2D eigenvalue weighted by molar-refractivity contribution is 0.593. The summed E-state index contributed by atoms with van der Waals surface area (Å²) in [6, 6.07) is 3.14. The van der Waals surface area contributed by atoms with E-state index in [-0.39, 0.29) is 5.43 Å². The summed E-state index contributed by atoms with van der Waals surface area (Å²) in [6.07, 6.45) is 4.51. The van der Waals surface area contributed by atoms with Gasteiger partial charge in [-0.3, -0.25) is 9.48 Å². The number of hydrogen-bond acceptors (Lipinski definition) is 2. The Morgan fingerprint density at radius 3 is 2.50 bits per heavy atom. The number of rotatable bonds is 4. The Morgan fingerprint density at radius 1 is 1.28 bits per heavy atom. The number of halogens is 1. The minimum absolute atomic E-state index is 0.0311. The van der Waals surface area contributed by atoms with Crippen molar-refractivity contribution in [2.24, 2.45) is 0 Å². The SMILES string of the molecule is CCc1nn(CC)c(Cn2ccc(=O)cc2)c1Br. The van der Waals surface area contributed by atoms with Crippen molar-refractivity contribution in [1.82, 2.24) is 14.3 Å². The van der Waals surface area contributed by atoms with Crippen LogP contribution < -0.4 is 5.43 Å². The van der Waals surface area contributed by atoms with Crippen LogP contribution in [0.25, 0.3) is 0 Å². The first kappa shape index (κ1) is 13.1. The average molecular weight is 310 g/mol. The molecule has 0 unspecified atom stereocenters. The fourth-order valence-corrected chi connectivity index (χ4v) is 2.58. The van der Waals surface area contributed by atoms with E-state index in [2.05, 4.69) is 34.9 Å². The third-order valence-corrected chi connectivity index (χ3v) is 3.80. The van der Waals surface area contributed by atoms with Crippen molar-refractivity contribution in [3.63, 3.8) is 0 Å². The van der Waals surface area contributed by atoms with Crippen molar-refractivity contribution < 1.29 is 0 Å². The number of hydrogen-bond donors (Lipinski definition) is 0. The summed E-state index contributed by atoms with van der Waals surface area (Å²) in [5, 5.41) is 4.56. The van der Waals surface area contributed by atoms with Crippen LogP contribution in [0.2, 0.25) is 0 Å². The van der Waals surface area contributed by atoms with Crippen LogP contribution in [-0.4, -0.2) is 14.3 Å². The Kier molecular flexibility index (Phi) is 4.01. The lowest BCUT2D eigenvalue weighted by Gasteiger charge is -2.08. The van der Waals surface area contributed by atoms with Gasteiger partial charge in [-0.1, -0.05) is 6.92 Å². The molecular weight excluding hydrogens is 294 g/mol. The summed E-state index contributed by atoms with van der Waals surface area (Å²) in [5.74, 6) is 0. The van der Waals surface area contributed by atoms with Gasteiger partial charge in [0.2, 0.25) is 0 Å². The van der Waals surface area contributed by atoms with Crippen LogP contribution in [0.5, 0.6) is 0 Å². The molecule has 0 aromatic carbocycles. The van der Waals surface area contributed by atoms with Gasteiger partial charge >= 0.3 is 0 Å². The molecule has 0 atom stereocenters. The predicted molar refractivity (Wildman–Crippen MR) is 74.8 cm³/mol. The molecule has 0 aliphatic heterocycles. The Hall–Kier alpha value is -1.36. The van der Waals surface area contributed by atoms with Gasteiger partial charge in [-0.15, -0.1) is 0 Å². The summed E-state index contributed by atoms with van der Waals surface area (Å²) in [5.41, 5.74) is 2.24. The van der Waals surface area contributed by atoms with Gasteiger partial charge in [0.05, 0.1) is 22.4 Å². The van der Waals surface area contributed by atoms with Gasteiger partial charge in [0.1, 0.15) is 0 Å². The van der Waals surface area contributed by atoms with Crippen molar-refractivity contribution in [2.75, 3.05) is 0 Å². The molecule has 2 rings (SSSR count).